The molecule has 0 aromatic heterocycles. The molecular formula is C15H12BrClO2. The topological polar surface area (TPSA) is 26.3 Å². The molecule has 2 rings (SSSR count). The average molecular weight is 340 g/mol. The number of methoxy groups -OCH3 is 1. The molecule has 0 saturated heterocycles. The van der Waals surface area contributed by atoms with E-state index in [-0.39, 0.29) is 0 Å². The normalized spacial score (nSPS) is 10.3. The zero-order chi connectivity index (χ0) is 14.0. The highest BCUT2D eigenvalue weighted by Gasteiger charge is 2.15. The van der Waals surface area contributed by atoms with Gasteiger partial charge >= 0.3 is 5.97 Å². The van der Waals surface area contributed by atoms with Crippen LogP contribution in [0, 0.1) is 6.92 Å². The van der Waals surface area contributed by atoms with Gasteiger partial charge in [0, 0.05) is 9.50 Å². The van der Waals surface area contributed by atoms with Crippen molar-refractivity contribution in [2.75, 3.05) is 7.11 Å². The molecule has 0 heterocycles. The van der Waals surface area contributed by atoms with Crippen molar-refractivity contribution in [2.24, 2.45) is 0 Å². The predicted molar refractivity (Wildman–Crippen MR) is 80.7 cm³/mol. The van der Waals surface area contributed by atoms with Crippen molar-refractivity contribution in [3.63, 3.8) is 0 Å². The first-order valence-corrected chi connectivity index (χ1v) is 6.84. The Morgan fingerprint density at radius 1 is 1.16 bits per heavy atom. The number of rotatable bonds is 2. The van der Waals surface area contributed by atoms with Crippen molar-refractivity contribution in [1.29, 1.82) is 0 Å². The zero-order valence-electron chi connectivity index (χ0n) is 10.5. The van der Waals surface area contributed by atoms with Crippen LogP contribution in [-0.4, -0.2) is 13.1 Å². The number of benzene rings is 2. The van der Waals surface area contributed by atoms with Crippen molar-refractivity contribution in [1.82, 2.24) is 0 Å². The molecule has 0 spiro atoms. The zero-order valence-corrected chi connectivity index (χ0v) is 12.9. The molecule has 0 aliphatic carbocycles. The summed E-state index contributed by atoms with van der Waals surface area (Å²) in [6.45, 7) is 2.00. The van der Waals surface area contributed by atoms with Crippen molar-refractivity contribution >= 4 is 33.5 Å². The van der Waals surface area contributed by atoms with Crippen LogP contribution in [0.2, 0.25) is 5.02 Å². The second-order valence-corrected chi connectivity index (χ2v) is 5.46. The first-order valence-electron chi connectivity index (χ1n) is 5.67. The molecule has 2 aromatic rings. The molecule has 19 heavy (non-hydrogen) atoms. The van der Waals surface area contributed by atoms with Crippen LogP contribution in [0.4, 0.5) is 0 Å². The van der Waals surface area contributed by atoms with Gasteiger partial charge in [0.25, 0.3) is 0 Å². The highest BCUT2D eigenvalue weighted by Crippen LogP contribution is 2.33. The Morgan fingerprint density at radius 3 is 2.58 bits per heavy atom. The minimum absolute atomic E-state index is 0.397. The van der Waals surface area contributed by atoms with Crippen LogP contribution in [-0.2, 0) is 4.74 Å². The van der Waals surface area contributed by atoms with Crippen LogP contribution in [0.5, 0.6) is 0 Å². The quantitative estimate of drug-likeness (QED) is 0.730. The van der Waals surface area contributed by atoms with Crippen molar-refractivity contribution in [3.8, 4) is 11.1 Å². The summed E-state index contributed by atoms with van der Waals surface area (Å²) in [6.07, 6.45) is 0. The first-order chi connectivity index (χ1) is 9.02. The lowest BCUT2D eigenvalue weighted by Crippen LogP contribution is -2.03. The third kappa shape index (κ3) is 2.99. The van der Waals surface area contributed by atoms with Gasteiger partial charge in [0.15, 0.2) is 0 Å². The Labute approximate surface area is 125 Å². The number of carbonyl (C=O) groups is 1. The van der Waals surface area contributed by atoms with Gasteiger partial charge in [-0.3, -0.25) is 0 Å². The largest absolute Gasteiger partial charge is 0.465 e. The molecule has 0 radical (unpaired) electrons. The maximum atomic E-state index is 11.9. The van der Waals surface area contributed by atoms with E-state index in [0.29, 0.717) is 10.6 Å². The fourth-order valence-corrected chi connectivity index (χ4v) is 2.51. The summed E-state index contributed by atoms with van der Waals surface area (Å²) in [7, 11) is 1.36. The molecule has 4 heteroatoms. The molecule has 0 bridgehead atoms. The van der Waals surface area contributed by atoms with E-state index < -0.39 is 5.97 Å². The summed E-state index contributed by atoms with van der Waals surface area (Å²) in [6, 6.07) is 11.2. The number of aryl methyl sites for hydroxylation is 1. The number of esters is 1. The van der Waals surface area contributed by atoms with Crippen molar-refractivity contribution in [2.45, 2.75) is 6.92 Å². The van der Waals surface area contributed by atoms with Gasteiger partial charge in [-0.1, -0.05) is 51.3 Å². The Balaban J connectivity index is 2.68. The third-order valence-corrected chi connectivity index (χ3v) is 3.73. The van der Waals surface area contributed by atoms with Gasteiger partial charge in [-0.15, -0.1) is 0 Å². The summed E-state index contributed by atoms with van der Waals surface area (Å²) in [5.74, 6) is -0.397. The summed E-state index contributed by atoms with van der Waals surface area (Å²) >= 11 is 9.46. The molecule has 98 valence electrons. The number of carbonyl (C=O) groups excluding carboxylic acids is 1. The lowest BCUT2D eigenvalue weighted by molar-refractivity contribution is 0.0601. The fraction of sp³-hybridized carbons (Fsp3) is 0.133. The minimum Gasteiger partial charge on any atom is -0.465 e. The van der Waals surface area contributed by atoms with Crippen LogP contribution in [0.25, 0.3) is 11.1 Å². The van der Waals surface area contributed by atoms with Gasteiger partial charge in [0.2, 0.25) is 0 Å². The number of hydrogen-bond donors (Lipinski definition) is 0. The van der Waals surface area contributed by atoms with E-state index in [4.69, 9.17) is 16.3 Å². The van der Waals surface area contributed by atoms with Crippen LogP contribution in [0.3, 0.4) is 0 Å². The monoisotopic (exact) mass is 338 g/mol. The number of halogens is 2. The van der Waals surface area contributed by atoms with E-state index in [1.807, 2.05) is 31.2 Å². The fourth-order valence-electron chi connectivity index (χ4n) is 1.88. The van der Waals surface area contributed by atoms with Crippen LogP contribution in [0.1, 0.15) is 15.9 Å². The average Bonchev–Trinajstić information content (AvgIpc) is 2.41. The highest BCUT2D eigenvalue weighted by atomic mass is 79.9. The first kappa shape index (κ1) is 14.1. The molecular weight excluding hydrogens is 328 g/mol. The third-order valence-electron chi connectivity index (χ3n) is 2.80. The molecule has 0 fully saturated rings. The van der Waals surface area contributed by atoms with Gasteiger partial charge in [0.1, 0.15) is 0 Å². The van der Waals surface area contributed by atoms with Gasteiger partial charge in [-0.2, -0.15) is 0 Å². The molecule has 2 nitrogen and oxygen atoms in total. The second-order valence-electron chi connectivity index (χ2n) is 4.16. The molecule has 0 aliphatic heterocycles. The van der Waals surface area contributed by atoms with E-state index in [1.165, 1.54) is 7.11 Å². The van der Waals surface area contributed by atoms with E-state index >= 15 is 0 Å². The van der Waals surface area contributed by atoms with Gasteiger partial charge in [0.05, 0.1) is 12.7 Å². The number of hydrogen-bond acceptors (Lipinski definition) is 2. The highest BCUT2D eigenvalue weighted by molar-refractivity contribution is 9.10. The Hall–Kier alpha value is -1.32. The molecule has 2 aromatic carbocycles. The summed E-state index contributed by atoms with van der Waals surface area (Å²) < 4.78 is 5.73. The van der Waals surface area contributed by atoms with E-state index in [2.05, 4.69) is 15.9 Å². The summed E-state index contributed by atoms with van der Waals surface area (Å²) in [5, 5.41) is 0.507. The molecule has 0 aliphatic rings. The summed E-state index contributed by atoms with van der Waals surface area (Å²) in [4.78, 5) is 11.9. The van der Waals surface area contributed by atoms with Crippen molar-refractivity contribution in [3.05, 3.63) is 57.0 Å². The van der Waals surface area contributed by atoms with E-state index in [9.17, 15) is 4.79 Å². The van der Waals surface area contributed by atoms with Gasteiger partial charge in [-0.05, 0) is 36.2 Å². The Kier molecular flexibility index (Phi) is 4.27. The second kappa shape index (κ2) is 5.76. The van der Waals surface area contributed by atoms with E-state index in [1.54, 1.807) is 12.1 Å². The van der Waals surface area contributed by atoms with Crippen LogP contribution < -0.4 is 0 Å². The molecule has 0 N–H and O–H groups in total. The number of ether oxygens (including phenoxy) is 1. The van der Waals surface area contributed by atoms with Gasteiger partial charge in [-0.25, -0.2) is 4.79 Å². The molecule has 0 saturated carbocycles. The van der Waals surface area contributed by atoms with Crippen LogP contribution >= 0.6 is 27.5 Å². The maximum Gasteiger partial charge on any atom is 0.338 e. The lowest BCUT2D eigenvalue weighted by atomic mass is 9.98. The van der Waals surface area contributed by atoms with Crippen molar-refractivity contribution < 1.29 is 9.53 Å². The Morgan fingerprint density at radius 2 is 1.89 bits per heavy atom. The smallest absolute Gasteiger partial charge is 0.338 e. The predicted octanol–water partition coefficient (Wildman–Crippen LogP) is 4.86. The lowest BCUT2D eigenvalue weighted by Gasteiger charge is -2.11. The summed E-state index contributed by atoms with van der Waals surface area (Å²) in [5.41, 5.74) is 3.31. The van der Waals surface area contributed by atoms with E-state index in [0.717, 1.165) is 21.2 Å². The Bertz CT molecular complexity index is 638. The maximum absolute atomic E-state index is 11.9. The minimum atomic E-state index is -0.397. The molecule has 0 unspecified atom stereocenters. The SMILES string of the molecule is COC(=O)c1cc(Cl)ccc1-c1cc(C)ccc1Br. The van der Waals surface area contributed by atoms with Crippen LogP contribution in [0.15, 0.2) is 40.9 Å². The standard InChI is InChI=1S/C15H12BrClO2/c1-9-3-6-14(16)12(7-9)11-5-4-10(17)8-13(11)15(18)19-2/h3-8H,1-2H3. The van der Waals surface area contributed by atoms with Gasteiger partial charge < -0.3 is 4.74 Å². The molecule has 0 amide bonds. The molecule has 0 atom stereocenters.